The van der Waals surface area contributed by atoms with E-state index >= 15 is 0 Å². The maximum atomic E-state index is 12.1. The third-order valence-electron chi connectivity index (χ3n) is 3.39. The summed E-state index contributed by atoms with van der Waals surface area (Å²) in [5.74, 6) is -0.422. The van der Waals surface area contributed by atoms with Gasteiger partial charge in [0.05, 0.1) is 17.9 Å². The molecular formula is C16H14N2O3. The van der Waals surface area contributed by atoms with Gasteiger partial charge in [0.1, 0.15) is 5.52 Å². The highest BCUT2D eigenvalue weighted by molar-refractivity contribution is 6.06. The van der Waals surface area contributed by atoms with Gasteiger partial charge >= 0.3 is 5.97 Å². The molecule has 1 aromatic carbocycles. The van der Waals surface area contributed by atoms with E-state index in [-0.39, 0.29) is 5.56 Å². The second-order valence-corrected chi connectivity index (χ2v) is 4.74. The van der Waals surface area contributed by atoms with Crippen molar-refractivity contribution < 1.29 is 9.53 Å². The van der Waals surface area contributed by atoms with E-state index in [0.717, 1.165) is 10.9 Å². The Morgan fingerprint density at radius 1 is 1.29 bits per heavy atom. The number of hydrogen-bond donors (Lipinski definition) is 1. The Bertz CT molecular complexity index is 912. The highest BCUT2D eigenvalue weighted by Crippen LogP contribution is 2.22. The zero-order valence-electron chi connectivity index (χ0n) is 11.8. The number of benzene rings is 1. The number of nitrogens with zero attached hydrogens (tertiary/aromatic N) is 1. The van der Waals surface area contributed by atoms with Gasteiger partial charge in [0.15, 0.2) is 0 Å². The number of fused-ring (bicyclic) bond motifs is 3. The summed E-state index contributed by atoms with van der Waals surface area (Å²) in [7, 11) is 0. The summed E-state index contributed by atoms with van der Waals surface area (Å²) >= 11 is 0. The highest BCUT2D eigenvalue weighted by Gasteiger charge is 2.15. The summed E-state index contributed by atoms with van der Waals surface area (Å²) in [5, 5.41) is 1.51. The third kappa shape index (κ3) is 2.16. The molecule has 0 aliphatic heterocycles. The van der Waals surface area contributed by atoms with Crippen molar-refractivity contribution in [3.63, 3.8) is 0 Å². The van der Waals surface area contributed by atoms with Crippen LogP contribution in [0.1, 0.15) is 23.0 Å². The molecule has 0 aliphatic rings. The average Bonchev–Trinajstić information content (AvgIpc) is 2.47. The minimum Gasteiger partial charge on any atom is -0.462 e. The lowest BCUT2D eigenvalue weighted by molar-refractivity contribution is 0.0525. The molecule has 3 rings (SSSR count). The second-order valence-electron chi connectivity index (χ2n) is 4.74. The van der Waals surface area contributed by atoms with Gasteiger partial charge < -0.3 is 9.72 Å². The Morgan fingerprint density at radius 2 is 2.05 bits per heavy atom. The van der Waals surface area contributed by atoms with Gasteiger partial charge in [-0.15, -0.1) is 0 Å². The lowest BCUT2D eigenvalue weighted by Gasteiger charge is -2.08. The van der Waals surface area contributed by atoms with Gasteiger partial charge in [-0.25, -0.2) is 9.78 Å². The normalized spacial score (nSPS) is 11.0. The Balaban J connectivity index is 2.40. The number of nitrogens with one attached hydrogen (secondary N) is 1. The molecule has 3 aromatic rings. The Morgan fingerprint density at radius 3 is 2.81 bits per heavy atom. The predicted molar refractivity (Wildman–Crippen MR) is 80.6 cm³/mol. The van der Waals surface area contributed by atoms with Gasteiger partial charge in [-0.2, -0.15) is 0 Å². The molecule has 0 fully saturated rings. The van der Waals surface area contributed by atoms with Crippen molar-refractivity contribution in [2.45, 2.75) is 13.8 Å². The first kappa shape index (κ1) is 13.3. The van der Waals surface area contributed by atoms with E-state index < -0.39 is 5.97 Å². The number of aryl methyl sites for hydroxylation is 1. The molecule has 2 heterocycles. The SMILES string of the molecule is CCOC(=O)c1cc2c(nc1C)c(=O)[nH]c1ccccc12. The topological polar surface area (TPSA) is 72.0 Å². The molecule has 0 amide bonds. The fraction of sp³-hybridized carbons (Fsp3) is 0.188. The number of aromatic amines is 1. The third-order valence-corrected chi connectivity index (χ3v) is 3.39. The van der Waals surface area contributed by atoms with Crippen LogP contribution in [0.25, 0.3) is 21.8 Å². The summed E-state index contributed by atoms with van der Waals surface area (Å²) < 4.78 is 5.04. The molecule has 0 bridgehead atoms. The van der Waals surface area contributed by atoms with Crippen molar-refractivity contribution in [2.24, 2.45) is 0 Å². The number of aromatic nitrogens is 2. The summed E-state index contributed by atoms with van der Waals surface area (Å²) in [6, 6.07) is 9.12. The van der Waals surface area contributed by atoms with Crippen molar-refractivity contribution in [3.05, 3.63) is 51.9 Å². The van der Waals surface area contributed by atoms with Crippen LogP contribution < -0.4 is 5.56 Å². The van der Waals surface area contributed by atoms with E-state index in [9.17, 15) is 9.59 Å². The van der Waals surface area contributed by atoms with Crippen LogP contribution in [0, 0.1) is 6.92 Å². The largest absolute Gasteiger partial charge is 0.462 e. The molecule has 21 heavy (non-hydrogen) atoms. The van der Waals surface area contributed by atoms with Crippen molar-refractivity contribution in [3.8, 4) is 0 Å². The fourth-order valence-corrected chi connectivity index (χ4v) is 2.41. The smallest absolute Gasteiger partial charge is 0.339 e. The fourth-order valence-electron chi connectivity index (χ4n) is 2.41. The predicted octanol–water partition coefficient (Wildman–Crippen LogP) is 2.56. The van der Waals surface area contributed by atoms with Crippen LogP contribution >= 0.6 is 0 Å². The molecule has 0 aliphatic carbocycles. The molecule has 0 unspecified atom stereocenters. The average molecular weight is 282 g/mol. The summed E-state index contributed by atoms with van der Waals surface area (Å²) in [4.78, 5) is 31.2. The number of esters is 1. The Kier molecular flexibility index (Phi) is 3.17. The monoisotopic (exact) mass is 282 g/mol. The molecule has 0 radical (unpaired) electrons. The lowest BCUT2D eigenvalue weighted by Crippen LogP contribution is -2.13. The number of carbonyl (C=O) groups is 1. The van der Waals surface area contributed by atoms with Crippen LogP contribution in [-0.4, -0.2) is 22.5 Å². The zero-order valence-corrected chi connectivity index (χ0v) is 11.8. The maximum absolute atomic E-state index is 12.1. The van der Waals surface area contributed by atoms with Crippen LogP contribution in [0.3, 0.4) is 0 Å². The number of H-pyrrole nitrogens is 1. The van der Waals surface area contributed by atoms with Gasteiger partial charge in [-0.1, -0.05) is 18.2 Å². The standard InChI is InChI=1S/C16H14N2O3/c1-3-21-16(20)11-8-12-10-6-4-5-7-13(10)18-15(19)14(12)17-9(11)2/h4-8H,3H2,1-2H3,(H,18,19). The van der Waals surface area contributed by atoms with Crippen LogP contribution in [0.15, 0.2) is 35.1 Å². The number of pyridine rings is 2. The van der Waals surface area contributed by atoms with Gasteiger partial charge in [0.2, 0.25) is 0 Å². The molecule has 2 aromatic heterocycles. The van der Waals surface area contributed by atoms with Crippen molar-refractivity contribution >= 4 is 27.8 Å². The van der Waals surface area contributed by atoms with Crippen LogP contribution in [0.2, 0.25) is 0 Å². The van der Waals surface area contributed by atoms with Gasteiger partial charge in [-0.3, -0.25) is 4.79 Å². The van der Waals surface area contributed by atoms with E-state index in [1.54, 1.807) is 19.9 Å². The molecule has 0 saturated heterocycles. The van der Waals surface area contributed by atoms with Gasteiger partial charge in [0, 0.05) is 16.3 Å². The number of para-hydroxylation sites is 1. The quantitative estimate of drug-likeness (QED) is 0.579. The van der Waals surface area contributed by atoms with Crippen LogP contribution in [0.4, 0.5) is 0 Å². The number of hydrogen-bond acceptors (Lipinski definition) is 4. The van der Waals surface area contributed by atoms with E-state index in [0.29, 0.717) is 28.8 Å². The van der Waals surface area contributed by atoms with E-state index in [1.807, 2.05) is 24.3 Å². The summed E-state index contributed by atoms with van der Waals surface area (Å²) in [5.41, 5.74) is 1.67. The van der Waals surface area contributed by atoms with Gasteiger partial charge in [0.25, 0.3) is 5.56 Å². The number of carbonyl (C=O) groups excluding carboxylic acids is 1. The first-order chi connectivity index (χ1) is 10.1. The van der Waals surface area contributed by atoms with Crippen molar-refractivity contribution in [1.29, 1.82) is 0 Å². The molecule has 106 valence electrons. The zero-order chi connectivity index (χ0) is 15.0. The maximum Gasteiger partial charge on any atom is 0.339 e. The molecule has 1 N–H and O–H groups in total. The van der Waals surface area contributed by atoms with E-state index in [4.69, 9.17) is 4.74 Å². The highest BCUT2D eigenvalue weighted by atomic mass is 16.5. The Labute approximate surface area is 120 Å². The number of ether oxygens (including phenoxy) is 1. The van der Waals surface area contributed by atoms with Crippen molar-refractivity contribution in [1.82, 2.24) is 9.97 Å². The van der Waals surface area contributed by atoms with Gasteiger partial charge in [-0.05, 0) is 26.0 Å². The second kappa shape index (κ2) is 5.01. The minimum atomic E-state index is -0.422. The molecule has 5 nitrogen and oxygen atoms in total. The lowest BCUT2D eigenvalue weighted by atomic mass is 10.1. The first-order valence-electron chi connectivity index (χ1n) is 6.71. The van der Waals surface area contributed by atoms with E-state index in [1.165, 1.54) is 0 Å². The van der Waals surface area contributed by atoms with Crippen LogP contribution in [-0.2, 0) is 4.74 Å². The summed E-state index contributed by atoms with van der Waals surface area (Å²) in [6.07, 6.45) is 0. The molecule has 0 spiro atoms. The molecule has 0 atom stereocenters. The summed E-state index contributed by atoms with van der Waals surface area (Å²) in [6.45, 7) is 3.74. The first-order valence-corrected chi connectivity index (χ1v) is 6.71. The molecule has 0 saturated carbocycles. The molecule has 5 heteroatoms. The molecular weight excluding hydrogens is 268 g/mol. The van der Waals surface area contributed by atoms with Crippen molar-refractivity contribution in [2.75, 3.05) is 6.61 Å². The number of rotatable bonds is 2. The van der Waals surface area contributed by atoms with E-state index in [2.05, 4.69) is 9.97 Å². The minimum absolute atomic E-state index is 0.262. The van der Waals surface area contributed by atoms with Crippen LogP contribution in [0.5, 0.6) is 0 Å². The Hall–Kier alpha value is -2.69.